The summed E-state index contributed by atoms with van der Waals surface area (Å²) < 4.78 is 0. The average molecular weight is 249 g/mol. The SMILES string of the molecule is Cc1ccc(C2(O)CCN(C(=O)O)CC2)cc1C. The summed E-state index contributed by atoms with van der Waals surface area (Å²) in [6, 6.07) is 5.96. The zero-order valence-corrected chi connectivity index (χ0v) is 10.8. The maximum absolute atomic E-state index is 10.8. The van der Waals surface area contributed by atoms with Crippen LogP contribution in [0.5, 0.6) is 0 Å². The highest BCUT2D eigenvalue weighted by Crippen LogP contribution is 2.33. The van der Waals surface area contributed by atoms with E-state index < -0.39 is 11.7 Å². The fraction of sp³-hybridized carbons (Fsp3) is 0.500. The molecule has 1 aromatic rings. The van der Waals surface area contributed by atoms with Gasteiger partial charge in [-0.25, -0.2) is 4.79 Å². The molecule has 2 N–H and O–H groups in total. The van der Waals surface area contributed by atoms with Crippen molar-refractivity contribution in [1.82, 2.24) is 4.90 Å². The monoisotopic (exact) mass is 249 g/mol. The van der Waals surface area contributed by atoms with Crippen LogP contribution in [0.15, 0.2) is 18.2 Å². The quantitative estimate of drug-likeness (QED) is 0.802. The van der Waals surface area contributed by atoms with Crippen molar-refractivity contribution in [2.45, 2.75) is 32.3 Å². The first-order valence-corrected chi connectivity index (χ1v) is 6.20. The van der Waals surface area contributed by atoms with Gasteiger partial charge in [0.1, 0.15) is 0 Å². The second-order valence-corrected chi connectivity index (χ2v) is 5.10. The van der Waals surface area contributed by atoms with Gasteiger partial charge in [-0.3, -0.25) is 0 Å². The van der Waals surface area contributed by atoms with Gasteiger partial charge in [0.05, 0.1) is 5.60 Å². The first-order chi connectivity index (χ1) is 8.42. The van der Waals surface area contributed by atoms with E-state index in [0.717, 1.165) is 11.1 Å². The molecule has 0 aliphatic carbocycles. The molecular formula is C14H19NO3. The highest BCUT2D eigenvalue weighted by atomic mass is 16.4. The van der Waals surface area contributed by atoms with E-state index in [2.05, 4.69) is 0 Å². The van der Waals surface area contributed by atoms with Crippen molar-refractivity contribution in [3.63, 3.8) is 0 Å². The normalized spacial score (nSPS) is 18.7. The summed E-state index contributed by atoms with van der Waals surface area (Å²) in [4.78, 5) is 12.2. The molecule has 0 saturated carbocycles. The number of hydrogen-bond acceptors (Lipinski definition) is 2. The highest BCUT2D eigenvalue weighted by molar-refractivity contribution is 5.65. The zero-order chi connectivity index (χ0) is 13.3. The predicted octanol–water partition coefficient (Wildman–Crippen LogP) is 2.26. The van der Waals surface area contributed by atoms with Crippen LogP contribution in [-0.4, -0.2) is 34.3 Å². The minimum Gasteiger partial charge on any atom is -0.465 e. The second kappa shape index (κ2) is 4.61. The molecule has 4 heteroatoms. The summed E-state index contributed by atoms with van der Waals surface area (Å²) in [6.45, 7) is 4.84. The van der Waals surface area contributed by atoms with E-state index in [1.807, 2.05) is 32.0 Å². The Balaban J connectivity index is 2.18. The topological polar surface area (TPSA) is 60.8 Å². The lowest BCUT2D eigenvalue weighted by Gasteiger charge is -2.37. The van der Waals surface area contributed by atoms with Gasteiger partial charge in [0.25, 0.3) is 0 Å². The van der Waals surface area contributed by atoms with E-state index in [4.69, 9.17) is 5.11 Å². The fourth-order valence-corrected chi connectivity index (χ4v) is 2.39. The minimum atomic E-state index is -0.905. The molecule has 0 aromatic heterocycles. The van der Waals surface area contributed by atoms with Crippen molar-refractivity contribution in [3.05, 3.63) is 34.9 Å². The number of likely N-dealkylation sites (tertiary alicyclic amines) is 1. The standard InChI is InChI=1S/C14H19NO3/c1-10-3-4-12(9-11(10)2)14(18)5-7-15(8-6-14)13(16)17/h3-4,9,18H,5-8H2,1-2H3,(H,16,17). The van der Waals surface area contributed by atoms with Gasteiger partial charge in [0.15, 0.2) is 0 Å². The first kappa shape index (κ1) is 12.9. The number of amides is 1. The van der Waals surface area contributed by atoms with Gasteiger partial charge in [-0.2, -0.15) is 0 Å². The molecule has 1 aromatic carbocycles. The van der Waals surface area contributed by atoms with Gasteiger partial charge in [-0.15, -0.1) is 0 Å². The van der Waals surface area contributed by atoms with E-state index in [1.54, 1.807) is 0 Å². The smallest absolute Gasteiger partial charge is 0.407 e. The fourth-order valence-electron chi connectivity index (χ4n) is 2.39. The van der Waals surface area contributed by atoms with Crippen molar-refractivity contribution in [2.75, 3.05) is 13.1 Å². The molecule has 1 heterocycles. The van der Waals surface area contributed by atoms with Gasteiger partial charge in [-0.05, 0) is 43.4 Å². The van der Waals surface area contributed by atoms with Gasteiger partial charge in [0, 0.05) is 13.1 Å². The number of aryl methyl sites for hydroxylation is 2. The lowest BCUT2D eigenvalue weighted by atomic mass is 9.83. The molecule has 1 amide bonds. The molecule has 0 unspecified atom stereocenters. The molecule has 1 fully saturated rings. The Morgan fingerprint density at radius 1 is 1.22 bits per heavy atom. The Hall–Kier alpha value is -1.55. The van der Waals surface area contributed by atoms with Crippen LogP contribution in [0.4, 0.5) is 4.79 Å². The van der Waals surface area contributed by atoms with E-state index >= 15 is 0 Å². The molecule has 98 valence electrons. The van der Waals surface area contributed by atoms with Crippen LogP contribution in [-0.2, 0) is 5.60 Å². The van der Waals surface area contributed by atoms with Crippen LogP contribution in [0, 0.1) is 13.8 Å². The third-order valence-corrected chi connectivity index (χ3v) is 3.91. The Labute approximate surface area is 107 Å². The number of carbonyl (C=O) groups is 1. The lowest BCUT2D eigenvalue weighted by molar-refractivity contribution is -0.0213. The second-order valence-electron chi connectivity index (χ2n) is 5.10. The van der Waals surface area contributed by atoms with E-state index in [9.17, 15) is 9.90 Å². The lowest BCUT2D eigenvalue weighted by Crippen LogP contribution is -2.44. The number of carboxylic acid groups (broad SMARTS) is 1. The van der Waals surface area contributed by atoms with Crippen molar-refractivity contribution in [2.24, 2.45) is 0 Å². The van der Waals surface area contributed by atoms with Crippen LogP contribution in [0.3, 0.4) is 0 Å². The molecule has 4 nitrogen and oxygen atoms in total. The Bertz CT molecular complexity index is 462. The molecule has 1 saturated heterocycles. The van der Waals surface area contributed by atoms with E-state index in [-0.39, 0.29) is 0 Å². The summed E-state index contributed by atoms with van der Waals surface area (Å²) >= 11 is 0. The Morgan fingerprint density at radius 3 is 2.33 bits per heavy atom. The number of aliphatic hydroxyl groups is 1. The molecule has 1 aliphatic rings. The molecule has 0 atom stereocenters. The largest absolute Gasteiger partial charge is 0.465 e. The summed E-state index contributed by atoms with van der Waals surface area (Å²) in [5, 5.41) is 19.5. The van der Waals surface area contributed by atoms with Crippen LogP contribution in [0.25, 0.3) is 0 Å². The number of nitrogens with zero attached hydrogens (tertiary/aromatic N) is 1. The Kier molecular flexibility index (Phi) is 3.30. The van der Waals surface area contributed by atoms with Crippen LogP contribution < -0.4 is 0 Å². The molecule has 2 rings (SSSR count). The van der Waals surface area contributed by atoms with Gasteiger partial charge >= 0.3 is 6.09 Å². The summed E-state index contributed by atoms with van der Waals surface area (Å²) in [5.41, 5.74) is 2.37. The predicted molar refractivity (Wildman–Crippen MR) is 68.6 cm³/mol. The van der Waals surface area contributed by atoms with Crippen LogP contribution in [0.2, 0.25) is 0 Å². The molecule has 0 spiro atoms. The third kappa shape index (κ3) is 2.34. The molecule has 18 heavy (non-hydrogen) atoms. The number of rotatable bonds is 1. The van der Waals surface area contributed by atoms with Crippen molar-refractivity contribution in [3.8, 4) is 0 Å². The van der Waals surface area contributed by atoms with Crippen LogP contribution in [0.1, 0.15) is 29.5 Å². The Morgan fingerprint density at radius 2 is 1.83 bits per heavy atom. The molecular weight excluding hydrogens is 230 g/mol. The van der Waals surface area contributed by atoms with E-state index in [1.165, 1.54) is 10.5 Å². The molecule has 0 bridgehead atoms. The summed E-state index contributed by atoms with van der Waals surface area (Å²) in [7, 11) is 0. The molecule has 0 radical (unpaired) electrons. The molecule has 1 aliphatic heterocycles. The first-order valence-electron chi connectivity index (χ1n) is 6.20. The maximum Gasteiger partial charge on any atom is 0.407 e. The van der Waals surface area contributed by atoms with E-state index in [0.29, 0.717) is 25.9 Å². The number of benzene rings is 1. The third-order valence-electron chi connectivity index (χ3n) is 3.91. The maximum atomic E-state index is 10.8. The zero-order valence-electron chi connectivity index (χ0n) is 10.8. The summed E-state index contributed by atoms with van der Waals surface area (Å²) in [5.74, 6) is 0. The van der Waals surface area contributed by atoms with Crippen molar-refractivity contribution in [1.29, 1.82) is 0 Å². The van der Waals surface area contributed by atoms with Gasteiger partial charge in [0.2, 0.25) is 0 Å². The average Bonchev–Trinajstić information content (AvgIpc) is 2.33. The summed E-state index contributed by atoms with van der Waals surface area (Å²) in [6.07, 6.45) is 0.0148. The highest BCUT2D eigenvalue weighted by Gasteiger charge is 2.35. The minimum absolute atomic E-state index is 0.388. The van der Waals surface area contributed by atoms with Gasteiger partial charge < -0.3 is 15.1 Å². The van der Waals surface area contributed by atoms with Crippen LogP contribution >= 0.6 is 0 Å². The van der Waals surface area contributed by atoms with Crippen molar-refractivity contribution >= 4 is 6.09 Å². The van der Waals surface area contributed by atoms with Crippen molar-refractivity contribution < 1.29 is 15.0 Å². The number of piperidine rings is 1. The number of hydrogen-bond donors (Lipinski definition) is 2. The van der Waals surface area contributed by atoms with Gasteiger partial charge in [-0.1, -0.05) is 18.2 Å².